The summed E-state index contributed by atoms with van der Waals surface area (Å²) >= 11 is 0. The molecule has 0 saturated carbocycles. The Balaban J connectivity index is 1.67. The minimum Gasteiger partial charge on any atom is -0.348 e. The first kappa shape index (κ1) is 15.1. The van der Waals surface area contributed by atoms with Crippen molar-refractivity contribution in [2.45, 2.75) is 26.4 Å². The van der Waals surface area contributed by atoms with Crippen molar-refractivity contribution in [2.24, 2.45) is 0 Å². The Kier molecular flexibility index (Phi) is 4.28. The fraction of sp³-hybridized carbons (Fsp3) is 0.222. The van der Waals surface area contributed by atoms with Gasteiger partial charge < -0.3 is 9.88 Å². The summed E-state index contributed by atoms with van der Waals surface area (Å²) in [5, 5.41) is 7.25. The highest BCUT2D eigenvalue weighted by Gasteiger charge is 2.11. The van der Waals surface area contributed by atoms with E-state index in [4.69, 9.17) is 0 Å². The maximum absolute atomic E-state index is 12.1. The highest BCUT2D eigenvalue weighted by Crippen LogP contribution is 2.17. The second-order valence-corrected chi connectivity index (χ2v) is 5.63. The van der Waals surface area contributed by atoms with Crippen LogP contribution in [0, 0.1) is 6.92 Å². The van der Waals surface area contributed by atoms with Crippen molar-refractivity contribution in [1.29, 1.82) is 0 Å². The van der Waals surface area contributed by atoms with Crippen LogP contribution in [0.15, 0.2) is 61.1 Å². The number of aromatic nitrogens is 3. The summed E-state index contributed by atoms with van der Waals surface area (Å²) in [7, 11) is 0. The predicted molar refractivity (Wildman–Crippen MR) is 89.3 cm³/mol. The Morgan fingerprint density at radius 3 is 2.65 bits per heavy atom. The molecule has 2 aromatic heterocycles. The molecule has 0 fully saturated rings. The predicted octanol–water partition coefficient (Wildman–Crippen LogP) is 2.86. The monoisotopic (exact) mass is 308 g/mol. The summed E-state index contributed by atoms with van der Waals surface area (Å²) in [5.74, 6) is -0.0491. The summed E-state index contributed by atoms with van der Waals surface area (Å²) in [6.45, 7) is 4.13. The van der Waals surface area contributed by atoms with Crippen molar-refractivity contribution in [1.82, 2.24) is 19.7 Å². The normalized spacial score (nSPS) is 12.1. The molecule has 0 radical (unpaired) electrons. The molecule has 3 rings (SSSR count). The number of hydrogen-bond donors (Lipinski definition) is 1. The van der Waals surface area contributed by atoms with Crippen LogP contribution < -0.4 is 5.32 Å². The summed E-state index contributed by atoms with van der Waals surface area (Å²) in [5.41, 5.74) is 3.06. The van der Waals surface area contributed by atoms with E-state index < -0.39 is 0 Å². The van der Waals surface area contributed by atoms with E-state index in [2.05, 4.69) is 16.5 Å². The van der Waals surface area contributed by atoms with Gasteiger partial charge >= 0.3 is 0 Å². The fourth-order valence-electron chi connectivity index (χ4n) is 2.53. The highest BCUT2D eigenvalue weighted by molar-refractivity contribution is 5.76. The van der Waals surface area contributed by atoms with Gasteiger partial charge in [0, 0.05) is 24.3 Å². The molecule has 1 unspecified atom stereocenters. The number of aryl methyl sites for hydroxylation is 1. The molecule has 3 aromatic rings. The molecule has 0 aliphatic heterocycles. The van der Waals surface area contributed by atoms with E-state index >= 15 is 0 Å². The molecule has 0 spiro atoms. The van der Waals surface area contributed by atoms with Gasteiger partial charge in [-0.1, -0.05) is 12.1 Å². The van der Waals surface area contributed by atoms with Crippen molar-refractivity contribution in [3.8, 4) is 5.69 Å². The van der Waals surface area contributed by atoms with Crippen molar-refractivity contribution >= 4 is 5.91 Å². The van der Waals surface area contributed by atoms with Crippen LogP contribution in [0.5, 0.6) is 0 Å². The molecular weight excluding hydrogens is 288 g/mol. The smallest absolute Gasteiger partial charge is 0.242 e. The average molecular weight is 308 g/mol. The Morgan fingerprint density at radius 1 is 1.17 bits per heavy atom. The van der Waals surface area contributed by atoms with Crippen LogP contribution in [0.1, 0.15) is 24.2 Å². The minimum atomic E-state index is -0.0605. The molecule has 0 bridgehead atoms. The number of carbonyl (C=O) groups excluding carboxylic acids is 1. The topological polar surface area (TPSA) is 51.9 Å². The van der Waals surface area contributed by atoms with Crippen molar-refractivity contribution < 1.29 is 4.79 Å². The van der Waals surface area contributed by atoms with Gasteiger partial charge in [0.2, 0.25) is 5.91 Å². The summed E-state index contributed by atoms with van der Waals surface area (Å²) < 4.78 is 3.69. The molecule has 2 heterocycles. The molecule has 118 valence electrons. The number of hydrogen-bond acceptors (Lipinski definition) is 2. The van der Waals surface area contributed by atoms with Gasteiger partial charge in [-0.05, 0) is 49.7 Å². The number of nitrogens with one attached hydrogen (secondary N) is 1. The maximum Gasteiger partial charge on any atom is 0.242 e. The third kappa shape index (κ3) is 3.69. The SMILES string of the molecule is Cc1ccn(CC(=O)NC(C)c2cccc(-n3cccc3)c2)n1. The Hall–Kier alpha value is -2.82. The van der Waals surface area contributed by atoms with E-state index in [1.54, 1.807) is 4.68 Å². The van der Waals surface area contributed by atoms with Gasteiger partial charge in [0.25, 0.3) is 0 Å². The number of carbonyl (C=O) groups is 1. The van der Waals surface area contributed by atoms with Gasteiger partial charge in [-0.25, -0.2) is 0 Å². The van der Waals surface area contributed by atoms with Crippen LogP contribution in [0.2, 0.25) is 0 Å². The van der Waals surface area contributed by atoms with Crippen molar-refractivity contribution in [2.75, 3.05) is 0 Å². The lowest BCUT2D eigenvalue weighted by atomic mass is 10.1. The van der Waals surface area contributed by atoms with E-state index in [0.29, 0.717) is 0 Å². The highest BCUT2D eigenvalue weighted by atomic mass is 16.2. The van der Waals surface area contributed by atoms with Crippen LogP contribution in [-0.2, 0) is 11.3 Å². The molecular formula is C18H20N4O. The van der Waals surface area contributed by atoms with E-state index in [9.17, 15) is 4.79 Å². The lowest BCUT2D eigenvalue weighted by molar-refractivity contribution is -0.122. The van der Waals surface area contributed by atoms with Gasteiger partial charge in [-0.15, -0.1) is 0 Å². The first-order valence-corrected chi connectivity index (χ1v) is 7.64. The summed E-state index contributed by atoms with van der Waals surface area (Å²) in [4.78, 5) is 12.1. The van der Waals surface area contributed by atoms with E-state index in [1.165, 1.54) is 0 Å². The Morgan fingerprint density at radius 2 is 1.96 bits per heavy atom. The lowest BCUT2D eigenvalue weighted by Crippen LogP contribution is -2.30. The largest absolute Gasteiger partial charge is 0.348 e. The van der Waals surface area contributed by atoms with E-state index in [1.807, 2.05) is 73.4 Å². The van der Waals surface area contributed by atoms with Crippen LogP contribution in [0.4, 0.5) is 0 Å². The number of nitrogens with zero attached hydrogens (tertiary/aromatic N) is 3. The minimum absolute atomic E-state index is 0.0491. The molecule has 5 nitrogen and oxygen atoms in total. The zero-order chi connectivity index (χ0) is 16.2. The van der Waals surface area contributed by atoms with E-state index in [-0.39, 0.29) is 18.5 Å². The third-order valence-corrected chi connectivity index (χ3v) is 3.73. The van der Waals surface area contributed by atoms with Crippen LogP contribution >= 0.6 is 0 Å². The molecule has 0 aliphatic rings. The second-order valence-electron chi connectivity index (χ2n) is 5.63. The zero-order valence-electron chi connectivity index (χ0n) is 13.3. The maximum atomic E-state index is 12.1. The molecule has 1 N–H and O–H groups in total. The third-order valence-electron chi connectivity index (χ3n) is 3.73. The molecule has 1 amide bonds. The van der Waals surface area contributed by atoms with Gasteiger partial charge in [-0.3, -0.25) is 9.48 Å². The number of rotatable bonds is 5. The molecule has 23 heavy (non-hydrogen) atoms. The first-order chi connectivity index (χ1) is 11.1. The van der Waals surface area contributed by atoms with Gasteiger partial charge in [0.05, 0.1) is 11.7 Å². The van der Waals surface area contributed by atoms with Gasteiger partial charge in [0.15, 0.2) is 0 Å². The van der Waals surface area contributed by atoms with Gasteiger partial charge in [-0.2, -0.15) is 5.10 Å². The Bertz CT molecular complexity index is 789. The standard InChI is InChI=1S/C18H20N4O/c1-14-8-11-22(20-14)13-18(23)19-15(2)16-6-5-7-17(12-16)21-9-3-4-10-21/h3-12,15H,13H2,1-2H3,(H,19,23). The summed E-state index contributed by atoms with van der Waals surface area (Å²) in [6.07, 6.45) is 5.82. The van der Waals surface area contributed by atoms with Crippen LogP contribution in [0.3, 0.4) is 0 Å². The van der Waals surface area contributed by atoms with Crippen LogP contribution in [0.25, 0.3) is 5.69 Å². The van der Waals surface area contributed by atoms with Gasteiger partial charge in [0.1, 0.15) is 6.54 Å². The molecule has 0 saturated heterocycles. The summed E-state index contributed by atoms with van der Waals surface area (Å²) in [6, 6.07) is 14.0. The van der Waals surface area contributed by atoms with Crippen molar-refractivity contribution in [3.05, 3.63) is 72.3 Å². The Labute approximate surface area is 135 Å². The van der Waals surface area contributed by atoms with Crippen molar-refractivity contribution in [3.63, 3.8) is 0 Å². The fourth-order valence-corrected chi connectivity index (χ4v) is 2.53. The molecule has 0 aliphatic carbocycles. The molecule has 5 heteroatoms. The quantitative estimate of drug-likeness (QED) is 0.788. The zero-order valence-corrected chi connectivity index (χ0v) is 13.3. The van der Waals surface area contributed by atoms with Crippen LogP contribution in [-0.4, -0.2) is 20.3 Å². The van der Waals surface area contributed by atoms with E-state index in [0.717, 1.165) is 16.9 Å². The first-order valence-electron chi connectivity index (χ1n) is 7.64. The number of amides is 1. The molecule has 1 atom stereocenters. The number of benzene rings is 1. The lowest BCUT2D eigenvalue weighted by Gasteiger charge is -2.16. The second kappa shape index (κ2) is 6.52. The average Bonchev–Trinajstić information content (AvgIpc) is 3.19. The molecule has 1 aromatic carbocycles.